The van der Waals surface area contributed by atoms with Crippen LogP contribution in [-0.4, -0.2) is 35.2 Å². The Labute approximate surface area is 94.7 Å². The highest BCUT2D eigenvalue weighted by atomic mass is 16.3. The predicted octanol–water partition coefficient (Wildman–Crippen LogP) is 2.51. The highest BCUT2D eigenvalue weighted by Gasteiger charge is 2.30. The predicted molar refractivity (Wildman–Crippen MR) is 64.9 cm³/mol. The van der Waals surface area contributed by atoms with Crippen molar-refractivity contribution >= 4 is 0 Å². The molecule has 1 N–H and O–H groups in total. The Bertz CT molecular complexity index is 179. The Morgan fingerprint density at radius 3 is 2.40 bits per heavy atom. The minimum absolute atomic E-state index is 0.0825. The highest BCUT2D eigenvalue weighted by Crippen LogP contribution is 2.24. The second-order valence-electron chi connectivity index (χ2n) is 5.85. The van der Waals surface area contributed by atoms with E-state index >= 15 is 0 Å². The van der Waals surface area contributed by atoms with Gasteiger partial charge in [0.25, 0.3) is 0 Å². The normalized spacial score (nSPS) is 28.2. The molecule has 1 aliphatic rings. The van der Waals surface area contributed by atoms with Gasteiger partial charge < -0.3 is 5.11 Å². The maximum absolute atomic E-state index is 9.71. The first-order valence-corrected chi connectivity index (χ1v) is 6.41. The molecule has 90 valence electrons. The zero-order valence-corrected chi connectivity index (χ0v) is 10.7. The molecule has 1 saturated heterocycles. The van der Waals surface area contributed by atoms with Crippen LogP contribution in [-0.2, 0) is 0 Å². The number of likely N-dealkylation sites (tertiary alicyclic amines) is 1. The number of β-amino-alcohol motifs (C(OH)–C–C–N with tert-alkyl or cyclic N) is 1. The monoisotopic (exact) mass is 213 g/mol. The summed E-state index contributed by atoms with van der Waals surface area (Å²) in [6, 6.07) is 0.624. The molecule has 2 nitrogen and oxygen atoms in total. The first-order valence-electron chi connectivity index (χ1n) is 6.41. The quantitative estimate of drug-likeness (QED) is 0.758. The molecule has 0 radical (unpaired) electrons. The number of aliphatic hydroxyl groups is 1. The van der Waals surface area contributed by atoms with Crippen LogP contribution in [0.15, 0.2) is 0 Å². The number of nitrogens with zero attached hydrogens (tertiary/aromatic N) is 1. The standard InChI is InChI=1S/C13H27NO/c1-10(2)5-6-14-9-13(15)8-12(14)7-11(3)4/h10-13,15H,5-9H2,1-4H3/t12-,13+/m1/s1. The van der Waals surface area contributed by atoms with Gasteiger partial charge in [0.2, 0.25) is 0 Å². The van der Waals surface area contributed by atoms with Crippen molar-refractivity contribution in [2.45, 2.75) is 59.1 Å². The van der Waals surface area contributed by atoms with Gasteiger partial charge in [-0.25, -0.2) is 0 Å². The van der Waals surface area contributed by atoms with Crippen molar-refractivity contribution in [3.05, 3.63) is 0 Å². The van der Waals surface area contributed by atoms with E-state index in [0.717, 1.165) is 31.3 Å². The Balaban J connectivity index is 2.38. The molecule has 1 fully saturated rings. The molecule has 0 bridgehead atoms. The van der Waals surface area contributed by atoms with Crippen LogP contribution in [0.5, 0.6) is 0 Å². The Morgan fingerprint density at radius 2 is 1.87 bits per heavy atom. The molecule has 0 aliphatic carbocycles. The van der Waals surface area contributed by atoms with Gasteiger partial charge in [-0.1, -0.05) is 27.7 Å². The van der Waals surface area contributed by atoms with E-state index in [1.807, 2.05) is 0 Å². The summed E-state index contributed by atoms with van der Waals surface area (Å²) in [5, 5.41) is 9.71. The molecule has 0 aromatic heterocycles. The zero-order chi connectivity index (χ0) is 11.4. The minimum atomic E-state index is -0.0825. The number of hydrogen-bond donors (Lipinski definition) is 1. The summed E-state index contributed by atoms with van der Waals surface area (Å²) in [5.74, 6) is 1.50. The summed E-state index contributed by atoms with van der Waals surface area (Å²) in [7, 11) is 0. The lowest BCUT2D eigenvalue weighted by atomic mass is 10.0. The number of aliphatic hydroxyl groups excluding tert-OH is 1. The molecule has 0 spiro atoms. The van der Waals surface area contributed by atoms with Crippen molar-refractivity contribution in [1.82, 2.24) is 4.90 Å². The Kier molecular flexibility index (Phi) is 5.07. The Hall–Kier alpha value is -0.0800. The first-order chi connectivity index (χ1) is 6.99. The van der Waals surface area contributed by atoms with Crippen molar-refractivity contribution in [3.8, 4) is 0 Å². The van der Waals surface area contributed by atoms with Crippen LogP contribution in [0.25, 0.3) is 0 Å². The highest BCUT2D eigenvalue weighted by molar-refractivity contribution is 4.85. The summed E-state index contributed by atoms with van der Waals surface area (Å²) < 4.78 is 0. The Morgan fingerprint density at radius 1 is 1.20 bits per heavy atom. The molecule has 0 saturated carbocycles. The van der Waals surface area contributed by atoms with Gasteiger partial charge in [0.15, 0.2) is 0 Å². The van der Waals surface area contributed by atoms with Crippen molar-refractivity contribution in [2.75, 3.05) is 13.1 Å². The number of rotatable bonds is 5. The lowest BCUT2D eigenvalue weighted by Gasteiger charge is -2.26. The third kappa shape index (κ3) is 4.52. The zero-order valence-electron chi connectivity index (χ0n) is 10.7. The van der Waals surface area contributed by atoms with Crippen molar-refractivity contribution in [2.24, 2.45) is 11.8 Å². The van der Waals surface area contributed by atoms with Crippen LogP contribution in [0.4, 0.5) is 0 Å². The van der Waals surface area contributed by atoms with E-state index in [2.05, 4.69) is 32.6 Å². The van der Waals surface area contributed by atoms with E-state index in [-0.39, 0.29) is 6.10 Å². The fourth-order valence-corrected chi connectivity index (χ4v) is 2.44. The lowest BCUT2D eigenvalue weighted by molar-refractivity contribution is 0.170. The summed E-state index contributed by atoms with van der Waals surface area (Å²) in [6.07, 6.45) is 3.38. The first kappa shape index (κ1) is 13.0. The summed E-state index contributed by atoms with van der Waals surface area (Å²) in [5.41, 5.74) is 0. The van der Waals surface area contributed by atoms with Gasteiger partial charge in [-0.15, -0.1) is 0 Å². The van der Waals surface area contributed by atoms with Crippen LogP contribution >= 0.6 is 0 Å². The van der Waals surface area contributed by atoms with Gasteiger partial charge in [0.1, 0.15) is 0 Å². The van der Waals surface area contributed by atoms with Crippen LogP contribution in [0, 0.1) is 11.8 Å². The van der Waals surface area contributed by atoms with E-state index in [9.17, 15) is 5.11 Å². The summed E-state index contributed by atoms with van der Waals surface area (Å²) in [4.78, 5) is 2.49. The van der Waals surface area contributed by atoms with Gasteiger partial charge in [-0.3, -0.25) is 4.90 Å². The van der Waals surface area contributed by atoms with Crippen molar-refractivity contribution in [1.29, 1.82) is 0 Å². The van der Waals surface area contributed by atoms with Crippen LogP contribution in [0.3, 0.4) is 0 Å². The molecule has 2 atom stereocenters. The molecule has 0 unspecified atom stereocenters. The van der Waals surface area contributed by atoms with E-state index in [0.29, 0.717) is 6.04 Å². The second-order valence-corrected chi connectivity index (χ2v) is 5.85. The SMILES string of the molecule is CC(C)CCN1C[C@@H](O)C[C@H]1CC(C)C. The largest absolute Gasteiger partial charge is 0.392 e. The molecule has 1 heterocycles. The minimum Gasteiger partial charge on any atom is -0.392 e. The molecule has 1 aliphatic heterocycles. The van der Waals surface area contributed by atoms with E-state index < -0.39 is 0 Å². The number of hydrogen-bond acceptors (Lipinski definition) is 2. The summed E-state index contributed by atoms with van der Waals surface area (Å²) in [6.45, 7) is 11.1. The third-order valence-electron chi connectivity index (χ3n) is 3.24. The van der Waals surface area contributed by atoms with Gasteiger partial charge in [0.05, 0.1) is 6.10 Å². The average molecular weight is 213 g/mol. The van der Waals surface area contributed by atoms with E-state index in [1.54, 1.807) is 0 Å². The molecule has 1 rings (SSSR count). The average Bonchev–Trinajstić information content (AvgIpc) is 2.41. The van der Waals surface area contributed by atoms with Gasteiger partial charge in [-0.05, 0) is 37.6 Å². The van der Waals surface area contributed by atoms with E-state index in [4.69, 9.17) is 0 Å². The van der Waals surface area contributed by atoms with Crippen molar-refractivity contribution < 1.29 is 5.11 Å². The summed E-state index contributed by atoms with van der Waals surface area (Å²) >= 11 is 0. The van der Waals surface area contributed by atoms with Crippen molar-refractivity contribution in [3.63, 3.8) is 0 Å². The second kappa shape index (κ2) is 5.86. The van der Waals surface area contributed by atoms with Gasteiger partial charge >= 0.3 is 0 Å². The van der Waals surface area contributed by atoms with Gasteiger partial charge in [-0.2, -0.15) is 0 Å². The molecule has 0 aromatic carbocycles. The van der Waals surface area contributed by atoms with Gasteiger partial charge in [0, 0.05) is 12.6 Å². The van der Waals surface area contributed by atoms with Crippen LogP contribution in [0.2, 0.25) is 0 Å². The molecule has 15 heavy (non-hydrogen) atoms. The van der Waals surface area contributed by atoms with Crippen LogP contribution in [0.1, 0.15) is 47.0 Å². The molecule has 0 amide bonds. The molecule has 0 aromatic rings. The molecule has 2 heteroatoms. The third-order valence-corrected chi connectivity index (χ3v) is 3.24. The fraction of sp³-hybridized carbons (Fsp3) is 1.00. The molecular weight excluding hydrogens is 186 g/mol. The van der Waals surface area contributed by atoms with E-state index in [1.165, 1.54) is 12.8 Å². The topological polar surface area (TPSA) is 23.5 Å². The van der Waals surface area contributed by atoms with Crippen LogP contribution < -0.4 is 0 Å². The lowest BCUT2D eigenvalue weighted by Crippen LogP contribution is -2.32. The maximum Gasteiger partial charge on any atom is 0.0682 e. The maximum atomic E-state index is 9.71. The fourth-order valence-electron chi connectivity index (χ4n) is 2.44. The molecular formula is C13H27NO. The smallest absolute Gasteiger partial charge is 0.0682 e.